The summed E-state index contributed by atoms with van der Waals surface area (Å²) in [5.41, 5.74) is 0.462. The Morgan fingerprint density at radius 1 is 1.25 bits per heavy atom. The largest absolute Gasteiger partial charge is 0.451 e. The summed E-state index contributed by atoms with van der Waals surface area (Å²) in [5, 5.41) is 8.48. The minimum atomic E-state index is -4.52. The van der Waals surface area contributed by atoms with E-state index in [0.717, 1.165) is 18.2 Å². The third-order valence-corrected chi connectivity index (χ3v) is 2.82. The maximum atomic E-state index is 12.6. The standard InChI is InChI=1S/C12H7ClF3NO3/c13-8-2-1-6(12(14,15)16)5-7(8)9-3-4-10(20-9)11(18)17-19/h1-5,19H,(H,17,18). The second kappa shape index (κ2) is 5.18. The molecule has 0 radical (unpaired) electrons. The molecule has 0 aliphatic rings. The van der Waals surface area contributed by atoms with Crippen LogP contribution in [0.25, 0.3) is 11.3 Å². The molecule has 0 aliphatic carbocycles. The van der Waals surface area contributed by atoms with Gasteiger partial charge in [0, 0.05) is 5.56 Å². The van der Waals surface area contributed by atoms with Crippen LogP contribution in [0.5, 0.6) is 0 Å². The molecule has 1 heterocycles. The van der Waals surface area contributed by atoms with E-state index in [1.54, 1.807) is 0 Å². The van der Waals surface area contributed by atoms with E-state index < -0.39 is 17.6 Å². The van der Waals surface area contributed by atoms with Crippen LogP contribution in [-0.4, -0.2) is 11.1 Å². The molecule has 2 N–H and O–H groups in total. The number of carbonyl (C=O) groups is 1. The zero-order chi connectivity index (χ0) is 14.9. The molecular weight excluding hydrogens is 299 g/mol. The van der Waals surface area contributed by atoms with Crippen LogP contribution in [0.1, 0.15) is 16.1 Å². The number of halogens is 4. The van der Waals surface area contributed by atoms with Gasteiger partial charge < -0.3 is 4.42 Å². The van der Waals surface area contributed by atoms with Crippen molar-refractivity contribution in [3.63, 3.8) is 0 Å². The minimum Gasteiger partial charge on any atom is -0.451 e. The average molecular weight is 306 g/mol. The summed E-state index contributed by atoms with van der Waals surface area (Å²) in [5.74, 6) is -1.19. The second-order valence-electron chi connectivity index (χ2n) is 3.80. The van der Waals surface area contributed by atoms with Crippen LogP contribution in [0.15, 0.2) is 34.7 Å². The molecule has 0 spiro atoms. The first-order valence-corrected chi connectivity index (χ1v) is 5.62. The summed E-state index contributed by atoms with van der Waals surface area (Å²) in [6.45, 7) is 0. The Kier molecular flexibility index (Phi) is 3.74. The molecule has 20 heavy (non-hydrogen) atoms. The van der Waals surface area contributed by atoms with Gasteiger partial charge in [0.1, 0.15) is 5.76 Å². The molecule has 1 aromatic heterocycles. The number of hydrogen-bond donors (Lipinski definition) is 2. The number of hydrogen-bond acceptors (Lipinski definition) is 3. The van der Waals surface area contributed by atoms with Crippen LogP contribution < -0.4 is 5.48 Å². The minimum absolute atomic E-state index is 0.00141. The lowest BCUT2D eigenvalue weighted by molar-refractivity contribution is -0.137. The van der Waals surface area contributed by atoms with Crippen LogP contribution in [0.4, 0.5) is 13.2 Å². The third kappa shape index (κ3) is 2.78. The van der Waals surface area contributed by atoms with Crippen molar-refractivity contribution >= 4 is 17.5 Å². The molecule has 0 unspecified atom stereocenters. The number of nitrogens with one attached hydrogen (secondary N) is 1. The Morgan fingerprint density at radius 3 is 2.55 bits per heavy atom. The first-order valence-electron chi connectivity index (χ1n) is 5.24. The molecule has 1 amide bonds. The quantitative estimate of drug-likeness (QED) is 0.656. The Balaban J connectivity index is 2.47. The molecule has 2 aromatic rings. The van der Waals surface area contributed by atoms with Gasteiger partial charge in [0.25, 0.3) is 0 Å². The molecule has 0 saturated heterocycles. The summed E-state index contributed by atoms with van der Waals surface area (Å²) in [6.07, 6.45) is -4.52. The van der Waals surface area contributed by atoms with Crippen LogP contribution in [0.2, 0.25) is 5.02 Å². The molecule has 2 rings (SSSR count). The zero-order valence-electron chi connectivity index (χ0n) is 9.66. The van der Waals surface area contributed by atoms with Crippen LogP contribution >= 0.6 is 11.6 Å². The van der Waals surface area contributed by atoms with Crippen molar-refractivity contribution in [2.45, 2.75) is 6.18 Å². The summed E-state index contributed by atoms with van der Waals surface area (Å²) in [6, 6.07) is 5.25. The summed E-state index contributed by atoms with van der Waals surface area (Å²) >= 11 is 5.83. The Labute approximate surface area is 115 Å². The van der Waals surface area contributed by atoms with Gasteiger partial charge in [0.15, 0.2) is 5.76 Å². The van der Waals surface area contributed by atoms with Gasteiger partial charge in [-0.05, 0) is 30.3 Å². The molecule has 0 aliphatic heterocycles. The zero-order valence-corrected chi connectivity index (χ0v) is 10.4. The van der Waals surface area contributed by atoms with Crippen molar-refractivity contribution in [1.29, 1.82) is 0 Å². The molecular formula is C12H7ClF3NO3. The topological polar surface area (TPSA) is 62.5 Å². The highest BCUT2D eigenvalue weighted by Gasteiger charge is 2.31. The highest BCUT2D eigenvalue weighted by molar-refractivity contribution is 6.33. The Morgan fingerprint density at radius 2 is 1.95 bits per heavy atom. The number of benzene rings is 1. The van der Waals surface area contributed by atoms with Crippen molar-refractivity contribution in [2.75, 3.05) is 0 Å². The molecule has 0 saturated carbocycles. The van der Waals surface area contributed by atoms with Gasteiger partial charge in [-0.1, -0.05) is 11.6 Å². The van der Waals surface area contributed by atoms with E-state index in [2.05, 4.69) is 0 Å². The van der Waals surface area contributed by atoms with Gasteiger partial charge in [-0.25, -0.2) is 5.48 Å². The van der Waals surface area contributed by atoms with Crippen molar-refractivity contribution < 1.29 is 27.6 Å². The van der Waals surface area contributed by atoms with E-state index in [-0.39, 0.29) is 22.1 Å². The number of alkyl halides is 3. The van der Waals surface area contributed by atoms with Crippen LogP contribution in [-0.2, 0) is 6.18 Å². The highest BCUT2D eigenvalue weighted by atomic mass is 35.5. The average Bonchev–Trinajstić information content (AvgIpc) is 2.86. The molecule has 0 fully saturated rings. The summed E-state index contributed by atoms with van der Waals surface area (Å²) < 4.78 is 42.9. The fraction of sp³-hybridized carbons (Fsp3) is 0.0833. The molecule has 106 valence electrons. The molecule has 4 nitrogen and oxygen atoms in total. The smallest absolute Gasteiger partial charge is 0.416 e. The van der Waals surface area contributed by atoms with Crippen molar-refractivity contribution in [3.8, 4) is 11.3 Å². The van der Waals surface area contributed by atoms with Gasteiger partial charge in [0.05, 0.1) is 10.6 Å². The highest BCUT2D eigenvalue weighted by Crippen LogP contribution is 2.36. The number of hydroxylamine groups is 1. The fourth-order valence-electron chi connectivity index (χ4n) is 1.55. The van der Waals surface area contributed by atoms with Gasteiger partial charge in [-0.3, -0.25) is 10.0 Å². The number of amides is 1. The monoisotopic (exact) mass is 305 g/mol. The van der Waals surface area contributed by atoms with E-state index in [1.807, 2.05) is 0 Å². The van der Waals surface area contributed by atoms with E-state index >= 15 is 0 Å². The van der Waals surface area contributed by atoms with Crippen molar-refractivity contribution in [2.24, 2.45) is 0 Å². The molecule has 0 bridgehead atoms. The maximum absolute atomic E-state index is 12.6. The van der Waals surface area contributed by atoms with Gasteiger partial charge >= 0.3 is 12.1 Å². The van der Waals surface area contributed by atoms with Crippen LogP contribution in [0, 0.1) is 0 Å². The predicted octanol–water partition coefficient (Wildman–Crippen LogP) is 3.74. The van der Waals surface area contributed by atoms with E-state index in [1.165, 1.54) is 17.6 Å². The van der Waals surface area contributed by atoms with E-state index in [4.69, 9.17) is 21.2 Å². The van der Waals surface area contributed by atoms with Gasteiger partial charge in [-0.15, -0.1) is 0 Å². The van der Waals surface area contributed by atoms with Crippen molar-refractivity contribution in [1.82, 2.24) is 5.48 Å². The molecule has 0 atom stereocenters. The van der Waals surface area contributed by atoms with E-state index in [9.17, 15) is 18.0 Å². The van der Waals surface area contributed by atoms with Crippen molar-refractivity contribution in [3.05, 3.63) is 46.7 Å². The molecule has 8 heteroatoms. The lowest BCUT2D eigenvalue weighted by Crippen LogP contribution is -2.17. The Bertz CT molecular complexity index is 652. The molecule has 1 aromatic carbocycles. The van der Waals surface area contributed by atoms with Gasteiger partial charge in [0.2, 0.25) is 0 Å². The second-order valence-corrected chi connectivity index (χ2v) is 4.20. The normalized spacial score (nSPS) is 11.4. The number of rotatable bonds is 2. The fourth-order valence-corrected chi connectivity index (χ4v) is 1.76. The number of furan rings is 1. The SMILES string of the molecule is O=C(NO)c1ccc(-c2cc(C(F)(F)F)ccc2Cl)o1. The predicted molar refractivity (Wildman–Crippen MR) is 63.4 cm³/mol. The lowest BCUT2D eigenvalue weighted by Gasteiger charge is -2.09. The van der Waals surface area contributed by atoms with Gasteiger partial charge in [-0.2, -0.15) is 13.2 Å². The Hall–Kier alpha value is -1.99. The third-order valence-electron chi connectivity index (χ3n) is 2.49. The lowest BCUT2D eigenvalue weighted by atomic mass is 10.1. The van der Waals surface area contributed by atoms with E-state index in [0.29, 0.717) is 0 Å². The first kappa shape index (κ1) is 14.4. The summed E-state index contributed by atoms with van der Waals surface area (Å²) in [7, 11) is 0. The van der Waals surface area contributed by atoms with Crippen LogP contribution in [0.3, 0.4) is 0 Å². The first-order chi connectivity index (χ1) is 9.32. The number of carbonyl (C=O) groups excluding carboxylic acids is 1. The summed E-state index contributed by atoms with van der Waals surface area (Å²) in [4.78, 5) is 11.1. The maximum Gasteiger partial charge on any atom is 0.416 e.